The lowest BCUT2D eigenvalue weighted by atomic mass is 9.94. The monoisotopic (exact) mass is 737 g/mol. The summed E-state index contributed by atoms with van der Waals surface area (Å²) in [6, 6.07) is 0. The highest BCUT2D eigenvalue weighted by atomic mass is 16.5. The van der Waals surface area contributed by atoms with Gasteiger partial charge in [0.15, 0.2) is 0 Å². The Morgan fingerprint density at radius 3 is 1.31 bits per heavy atom. The summed E-state index contributed by atoms with van der Waals surface area (Å²) in [5.41, 5.74) is 0. The van der Waals surface area contributed by atoms with Crippen LogP contribution in [0.2, 0.25) is 0 Å². The average molecular weight is 737 g/mol. The molecule has 306 valence electrons. The summed E-state index contributed by atoms with van der Waals surface area (Å²) in [5, 5.41) is 0. The molecule has 1 aliphatic rings. The molecule has 1 heterocycles. The van der Waals surface area contributed by atoms with Crippen LogP contribution in [0.25, 0.3) is 0 Å². The van der Waals surface area contributed by atoms with Crippen molar-refractivity contribution in [1.82, 2.24) is 9.80 Å². The zero-order valence-electron chi connectivity index (χ0n) is 34.7. The molecule has 1 saturated heterocycles. The smallest absolute Gasteiger partial charge is 0.308 e. The standard InChI is InChI=1S/C44H84N2O6/c1-5-9-13-17-19-23-28-40(26-21-15-11-7-3)43(48)51-38-34-46(42(47)30-25-31-45-32-36-50-37-33-45)35-39-52-44(49)41(27-22-16-12-8-4)29-24-20-18-14-10-6-2/h40-41H,5-39H2,1-4H3. The Morgan fingerprint density at radius 1 is 0.538 bits per heavy atom. The van der Waals surface area contributed by atoms with Crippen LogP contribution in [0.15, 0.2) is 0 Å². The van der Waals surface area contributed by atoms with Gasteiger partial charge in [-0.3, -0.25) is 19.3 Å². The fraction of sp³-hybridized carbons (Fsp3) is 0.932. The summed E-state index contributed by atoms with van der Waals surface area (Å²) in [7, 11) is 0. The Morgan fingerprint density at radius 2 is 0.904 bits per heavy atom. The topological polar surface area (TPSA) is 85.4 Å². The van der Waals surface area contributed by atoms with E-state index in [4.69, 9.17) is 14.2 Å². The largest absolute Gasteiger partial charge is 0.464 e. The first-order valence-electron chi connectivity index (χ1n) is 22.4. The number of rotatable bonds is 36. The second kappa shape index (κ2) is 35.1. The highest BCUT2D eigenvalue weighted by Gasteiger charge is 2.23. The lowest BCUT2D eigenvalue weighted by molar-refractivity contribution is -0.152. The Kier molecular flexibility index (Phi) is 32.6. The van der Waals surface area contributed by atoms with Crippen molar-refractivity contribution in [3.63, 3.8) is 0 Å². The predicted octanol–water partition coefficient (Wildman–Crippen LogP) is 10.7. The lowest BCUT2D eigenvalue weighted by Gasteiger charge is -2.27. The number of hydrogen-bond donors (Lipinski definition) is 0. The molecule has 0 aromatic carbocycles. The van der Waals surface area contributed by atoms with Gasteiger partial charge in [0.25, 0.3) is 0 Å². The Hall–Kier alpha value is -1.67. The number of amides is 1. The molecule has 0 bridgehead atoms. The molecule has 0 aliphatic carbocycles. The van der Waals surface area contributed by atoms with E-state index >= 15 is 0 Å². The van der Waals surface area contributed by atoms with Crippen LogP contribution in [0.4, 0.5) is 0 Å². The molecule has 8 nitrogen and oxygen atoms in total. The minimum atomic E-state index is -0.114. The average Bonchev–Trinajstić information content (AvgIpc) is 3.15. The highest BCUT2D eigenvalue weighted by Crippen LogP contribution is 2.22. The quantitative estimate of drug-likeness (QED) is 0.0467. The Bertz CT molecular complexity index is 799. The second-order valence-electron chi connectivity index (χ2n) is 15.5. The molecule has 2 atom stereocenters. The van der Waals surface area contributed by atoms with Gasteiger partial charge in [-0.2, -0.15) is 0 Å². The van der Waals surface area contributed by atoms with Crippen LogP contribution in [-0.4, -0.2) is 86.8 Å². The molecule has 2 unspecified atom stereocenters. The SMILES string of the molecule is CCCCCCCCC(CCCCCC)C(=O)OCCN(CCOC(=O)C(CCCCCC)CCCCCCCC)C(=O)CCCN1CCOCC1. The molecular formula is C44H84N2O6. The second-order valence-corrected chi connectivity index (χ2v) is 15.5. The molecule has 0 N–H and O–H groups in total. The summed E-state index contributed by atoms with van der Waals surface area (Å²) in [4.78, 5) is 44.3. The molecule has 1 rings (SSSR count). The van der Waals surface area contributed by atoms with Crippen LogP contribution >= 0.6 is 0 Å². The highest BCUT2D eigenvalue weighted by molar-refractivity contribution is 5.76. The molecular weight excluding hydrogens is 652 g/mol. The fourth-order valence-corrected chi connectivity index (χ4v) is 7.28. The summed E-state index contributed by atoms with van der Waals surface area (Å²) >= 11 is 0. The van der Waals surface area contributed by atoms with E-state index < -0.39 is 0 Å². The molecule has 52 heavy (non-hydrogen) atoms. The van der Waals surface area contributed by atoms with Gasteiger partial charge in [-0.25, -0.2) is 0 Å². The van der Waals surface area contributed by atoms with Crippen LogP contribution in [0.3, 0.4) is 0 Å². The summed E-state index contributed by atoms with van der Waals surface area (Å²) in [5.74, 6) is -0.328. The number of carbonyl (C=O) groups excluding carboxylic acids is 3. The zero-order chi connectivity index (χ0) is 37.9. The minimum absolute atomic E-state index is 0.0340. The van der Waals surface area contributed by atoms with E-state index in [1.165, 1.54) is 89.9 Å². The van der Waals surface area contributed by atoms with Crippen LogP contribution < -0.4 is 0 Å². The molecule has 0 aromatic heterocycles. The number of ether oxygens (including phenoxy) is 3. The normalized spacial score (nSPS) is 14.6. The lowest BCUT2D eigenvalue weighted by Crippen LogP contribution is -2.39. The van der Waals surface area contributed by atoms with Crippen molar-refractivity contribution in [2.24, 2.45) is 11.8 Å². The van der Waals surface area contributed by atoms with Crippen LogP contribution in [0.1, 0.15) is 195 Å². The van der Waals surface area contributed by atoms with Gasteiger partial charge in [-0.05, 0) is 38.6 Å². The molecule has 1 aliphatic heterocycles. The number of carbonyl (C=O) groups is 3. The van der Waals surface area contributed by atoms with E-state index in [0.717, 1.165) is 103 Å². The van der Waals surface area contributed by atoms with Crippen molar-refractivity contribution < 1.29 is 28.6 Å². The molecule has 1 fully saturated rings. The van der Waals surface area contributed by atoms with E-state index in [1.807, 2.05) is 0 Å². The van der Waals surface area contributed by atoms with Gasteiger partial charge >= 0.3 is 11.9 Å². The van der Waals surface area contributed by atoms with E-state index in [9.17, 15) is 14.4 Å². The van der Waals surface area contributed by atoms with Crippen molar-refractivity contribution >= 4 is 17.8 Å². The molecule has 1 amide bonds. The van der Waals surface area contributed by atoms with Gasteiger partial charge in [0, 0.05) is 19.5 Å². The van der Waals surface area contributed by atoms with Gasteiger partial charge < -0.3 is 19.1 Å². The van der Waals surface area contributed by atoms with Gasteiger partial charge in [-0.15, -0.1) is 0 Å². The maximum absolute atomic E-state index is 13.5. The fourth-order valence-electron chi connectivity index (χ4n) is 7.28. The van der Waals surface area contributed by atoms with Gasteiger partial charge in [0.05, 0.1) is 38.1 Å². The summed E-state index contributed by atoms with van der Waals surface area (Å²) in [6.07, 6.45) is 28.4. The number of esters is 2. The first-order valence-corrected chi connectivity index (χ1v) is 22.4. The molecule has 0 aromatic rings. The Labute approximate surface area is 321 Å². The maximum atomic E-state index is 13.5. The van der Waals surface area contributed by atoms with Gasteiger partial charge in [0.2, 0.25) is 5.91 Å². The van der Waals surface area contributed by atoms with Gasteiger partial charge in [-0.1, -0.05) is 156 Å². The van der Waals surface area contributed by atoms with Crippen LogP contribution in [0, 0.1) is 11.8 Å². The van der Waals surface area contributed by atoms with E-state index in [1.54, 1.807) is 4.90 Å². The molecule has 0 spiro atoms. The third kappa shape index (κ3) is 26.2. The maximum Gasteiger partial charge on any atom is 0.308 e. The van der Waals surface area contributed by atoms with Crippen molar-refractivity contribution in [3.05, 3.63) is 0 Å². The van der Waals surface area contributed by atoms with E-state index in [0.29, 0.717) is 19.5 Å². The van der Waals surface area contributed by atoms with E-state index in [2.05, 4.69) is 32.6 Å². The number of morpholine rings is 1. The molecule has 8 heteroatoms. The van der Waals surface area contributed by atoms with Crippen molar-refractivity contribution in [3.8, 4) is 0 Å². The van der Waals surface area contributed by atoms with Gasteiger partial charge in [0.1, 0.15) is 13.2 Å². The van der Waals surface area contributed by atoms with Crippen LogP contribution in [0.5, 0.6) is 0 Å². The third-order valence-electron chi connectivity index (χ3n) is 10.8. The predicted molar refractivity (Wildman–Crippen MR) is 215 cm³/mol. The molecule has 0 saturated carbocycles. The number of nitrogens with zero attached hydrogens (tertiary/aromatic N) is 2. The van der Waals surface area contributed by atoms with Crippen molar-refractivity contribution in [2.75, 3.05) is 59.2 Å². The molecule has 0 radical (unpaired) electrons. The first kappa shape index (κ1) is 48.3. The number of unbranched alkanes of at least 4 members (excludes halogenated alkanes) is 16. The summed E-state index contributed by atoms with van der Waals surface area (Å²) in [6.45, 7) is 14.1. The minimum Gasteiger partial charge on any atom is -0.464 e. The van der Waals surface area contributed by atoms with E-state index in [-0.39, 0.29) is 42.9 Å². The van der Waals surface area contributed by atoms with Crippen molar-refractivity contribution in [1.29, 1.82) is 0 Å². The number of hydrogen-bond acceptors (Lipinski definition) is 7. The first-order chi connectivity index (χ1) is 25.5. The Balaban J connectivity index is 2.76. The van der Waals surface area contributed by atoms with Crippen LogP contribution in [-0.2, 0) is 28.6 Å². The third-order valence-corrected chi connectivity index (χ3v) is 10.8. The zero-order valence-corrected chi connectivity index (χ0v) is 34.7. The summed E-state index contributed by atoms with van der Waals surface area (Å²) < 4.78 is 17.2. The van der Waals surface area contributed by atoms with Crippen molar-refractivity contribution in [2.45, 2.75) is 195 Å².